The van der Waals surface area contributed by atoms with Crippen LogP contribution in [0.15, 0.2) is 34.3 Å². The smallest absolute Gasteiger partial charge is 0.328 e. The van der Waals surface area contributed by atoms with E-state index in [0.717, 1.165) is 6.08 Å². The summed E-state index contributed by atoms with van der Waals surface area (Å²) in [7, 11) is 0. The maximum Gasteiger partial charge on any atom is 0.328 e. The van der Waals surface area contributed by atoms with E-state index in [9.17, 15) is 14.7 Å². The molecule has 0 radical (unpaired) electrons. The quantitative estimate of drug-likeness (QED) is 0.431. The molecule has 2 N–H and O–H groups in total. The molecular weight excluding hydrogens is 348 g/mol. The lowest BCUT2D eigenvalue weighted by Gasteiger charge is -2.45. The fourth-order valence-corrected chi connectivity index (χ4v) is 3.35. The number of Topliss-reactive ketones (excluding diaryl/α,β-unsaturated/α-hetero) is 1. The van der Waals surface area contributed by atoms with E-state index in [1.807, 2.05) is 0 Å². The first-order chi connectivity index (χ1) is 16.9. The van der Waals surface area contributed by atoms with Gasteiger partial charge in [-0.1, -0.05) is 45.9 Å². The van der Waals surface area contributed by atoms with Crippen LogP contribution in [0, 0.1) is 5.41 Å². The summed E-state index contributed by atoms with van der Waals surface area (Å²) in [5.74, 6) is -1.99. The van der Waals surface area contributed by atoms with Crippen LogP contribution in [0.2, 0.25) is 0 Å². The van der Waals surface area contributed by atoms with Crippen LogP contribution in [-0.2, 0) is 9.59 Å². The third-order valence-electron chi connectivity index (χ3n) is 4.13. The first-order valence-corrected chi connectivity index (χ1v) is 8.53. The minimum atomic E-state index is -4.09. The first-order valence-electron chi connectivity index (χ1n) is 14.2. The second kappa shape index (κ2) is 9.56. The molecule has 0 aromatic heterocycles. The van der Waals surface area contributed by atoms with Crippen molar-refractivity contribution < 1.29 is 37.6 Å². The number of hydrogen-bond donors (Lipinski definition) is 2. The van der Waals surface area contributed by atoms with E-state index in [2.05, 4.69) is 0 Å². The van der Waals surface area contributed by atoms with Gasteiger partial charge in [0, 0.05) is 35.7 Å². The van der Waals surface area contributed by atoms with Crippen LogP contribution < -0.4 is 0 Å². The molecule has 0 aliphatic heterocycles. The summed E-state index contributed by atoms with van der Waals surface area (Å²) >= 11 is -0.129. The molecule has 0 fully saturated rings. The number of carbonyl (C=O) groups is 2. The summed E-state index contributed by atoms with van der Waals surface area (Å²) in [4.78, 5) is 23.5. The maximum atomic E-state index is 13.0. The van der Waals surface area contributed by atoms with Gasteiger partial charge in [-0.3, -0.25) is 4.79 Å². The van der Waals surface area contributed by atoms with Gasteiger partial charge in [0.1, 0.15) is 5.60 Å². The summed E-state index contributed by atoms with van der Waals surface area (Å²) in [5, 5.41) is 20.5. The highest BCUT2D eigenvalue weighted by molar-refractivity contribution is 8.04. The lowest BCUT2D eigenvalue weighted by atomic mass is 9.64. The van der Waals surface area contributed by atoms with E-state index in [0.29, 0.717) is 0 Å². The number of carboxylic acid groups (broad SMARTS) is 1. The number of rotatable bonds is 9. The van der Waals surface area contributed by atoms with Crippen LogP contribution in [0.4, 0.5) is 0 Å². The Morgan fingerprint density at radius 3 is 2.69 bits per heavy atom. The molecule has 146 valence electrons. The highest BCUT2D eigenvalue weighted by Gasteiger charge is 2.49. The number of allylic oxidation sites excluding steroid dienone is 3. The Bertz CT molecular complexity index is 1100. The average molecular weight is 394 g/mol. The van der Waals surface area contributed by atoms with Crippen molar-refractivity contribution in [1.29, 1.82) is 0 Å². The molecule has 5 heteroatoms. The molecule has 1 atom stereocenters. The molecular formula is C21H32O4S. The summed E-state index contributed by atoms with van der Waals surface area (Å²) in [6.07, 6.45) is -13.1. The standard InChI is InChI=1S/C21H32O4S/c1-6-7-8-9-12-26-19-16(3)21(25,20(4,5)14-17(19)22)11-10-15(2)13-18(23)24/h10-11,13,25H,6-9,12,14H2,1-5H3,(H,23,24)/b11-10+,15-13-/t21-/m1/s1/i1D3,6D2,7D2,8D2,9D2,12D2. The zero-order valence-corrected chi connectivity index (χ0v) is 15.9. The highest BCUT2D eigenvalue weighted by atomic mass is 32.2. The van der Waals surface area contributed by atoms with Crippen LogP contribution >= 0.6 is 11.8 Å². The zero-order valence-electron chi connectivity index (χ0n) is 28.1. The van der Waals surface area contributed by atoms with Gasteiger partial charge in [-0.05, 0) is 43.1 Å². The minimum Gasteiger partial charge on any atom is -0.478 e. The van der Waals surface area contributed by atoms with E-state index < -0.39 is 65.7 Å². The van der Waals surface area contributed by atoms with Crippen molar-refractivity contribution in [1.82, 2.24) is 0 Å². The topological polar surface area (TPSA) is 74.6 Å². The lowest BCUT2D eigenvalue weighted by Crippen LogP contribution is -2.49. The fourth-order valence-electron chi connectivity index (χ4n) is 2.65. The molecule has 1 rings (SSSR count). The molecule has 0 amide bonds. The van der Waals surface area contributed by atoms with Crippen molar-refractivity contribution in [3.8, 4) is 0 Å². The lowest BCUT2D eigenvalue weighted by molar-refractivity contribution is -0.131. The Hall–Kier alpha value is -1.33. The second-order valence-electron chi connectivity index (χ2n) is 6.47. The van der Waals surface area contributed by atoms with Gasteiger partial charge in [-0.25, -0.2) is 4.79 Å². The van der Waals surface area contributed by atoms with Crippen molar-refractivity contribution >= 4 is 23.5 Å². The van der Waals surface area contributed by atoms with Gasteiger partial charge in [0.2, 0.25) is 0 Å². The van der Waals surface area contributed by atoms with Crippen molar-refractivity contribution in [2.24, 2.45) is 5.41 Å². The molecule has 0 unspecified atom stereocenters. The Balaban J connectivity index is 3.73. The van der Waals surface area contributed by atoms with E-state index in [1.54, 1.807) is 0 Å². The summed E-state index contributed by atoms with van der Waals surface area (Å²) in [5.41, 5.74) is -6.62. The maximum absolute atomic E-state index is 13.0. The third kappa shape index (κ3) is 5.58. The van der Waals surface area contributed by atoms with Crippen LogP contribution in [0.25, 0.3) is 0 Å². The van der Waals surface area contributed by atoms with Crippen LogP contribution in [-0.4, -0.2) is 33.3 Å². The molecule has 26 heavy (non-hydrogen) atoms. The number of carbonyl (C=O) groups excluding carboxylic acids is 1. The summed E-state index contributed by atoms with van der Waals surface area (Å²) in [6.45, 7) is 2.00. The molecule has 0 saturated heterocycles. The second-order valence-corrected chi connectivity index (χ2v) is 7.28. The first kappa shape index (κ1) is 9.74. The largest absolute Gasteiger partial charge is 0.478 e. The van der Waals surface area contributed by atoms with Crippen molar-refractivity contribution in [3.63, 3.8) is 0 Å². The SMILES string of the molecule is [2H]C([2H])([2H])C([2H])([2H])C([2H])([2H])C([2H])([2H])C([2H])([2H])C([2H])([2H])SC1=C(C)[C@](O)(/C=C/C(C)=C\C(=O)O)C(C)(C)CC1=O. The number of aliphatic hydroxyl groups is 1. The van der Waals surface area contributed by atoms with Gasteiger partial charge >= 0.3 is 5.97 Å². The number of thioether (sulfide) groups is 1. The molecule has 0 aromatic rings. The number of carboxylic acids is 1. The molecule has 1 aliphatic carbocycles. The normalized spacial score (nSPS) is 34.4. The summed E-state index contributed by atoms with van der Waals surface area (Å²) in [6, 6.07) is 0. The van der Waals surface area contributed by atoms with E-state index >= 15 is 0 Å². The van der Waals surface area contributed by atoms with Gasteiger partial charge in [0.15, 0.2) is 5.78 Å². The van der Waals surface area contributed by atoms with Gasteiger partial charge < -0.3 is 10.2 Å². The molecule has 0 spiro atoms. The van der Waals surface area contributed by atoms with Gasteiger partial charge in [0.05, 0.1) is 4.91 Å². The molecule has 0 heterocycles. The Kier molecular flexibility index (Phi) is 3.58. The average Bonchev–Trinajstić information content (AvgIpc) is 2.72. The van der Waals surface area contributed by atoms with Gasteiger partial charge in [0.25, 0.3) is 0 Å². The van der Waals surface area contributed by atoms with Crippen LogP contribution in [0.3, 0.4) is 0 Å². The Morgan fingerprint density at radius 1 is 1.38 bits per heavy atom. The minimum absolute atomic E-state index is 0.129. The molecule has 4 nitrogen and oxygen atoms in total. The fraction of sp³-hybridized carbons (Fsp3) is 0.619. The molecule has 1 aliphatic rings. The van der Waals surface area contributed by atoms with Crippen LogP contribution in [0.5, 0.6) is 0 Å². The zero-order chi connectivity index (χ0) is 31.4. The predicted octanol–water partition coefficient (Wildman–Crippen LogP) is 4.89. The highest BCUT2D eigenvalue weighted by Crippen LogP contribution is 2.48. The summed E-state index contributed by atoms with van der Waals surface area (Å²) < 4.78 is 103. The van der Waals surface area contributed by atoms with Crippen molar-refractivity contribution in [3.05, 3.63) is 34.3 Å². The van der Waals surface area contributed by atoms with E-state index in [1.165, 1.54) is 39.8 Å². The van der Waals surface area contributed by atoms with Crippen molar-refractivity contribution in [2.75, 3.05) is 5.70 Å². The van der Waals surface area contributed by atoms with Gasteiger partial charge in [-0.2, -0.15) is 0 Å². The predicted molar refractivity (Wildman–Crippen MR) is 108 cm³/mol. The molecule has 0 bridgehead atoms. The van der Waals surface area contributed by atoms with Crippen molar-refractivity contribution in [2.45, 2.75) is 72.1 Å². The number of ketones is 1. The number of aliphatic carboxylic acids is 1. The van der Waals surface area contributed by atoms with E-state index in [4.69, 9.17) is 22.9 Å². The van der Waals surface area contributed by atoms with E-state index in [-0.39, 0.29) is 29.3 Å². The molecule has 0 saturated carbocycles. The third-order valence-corrected chi connectivity index (χ3v) is 5.07. The Labute approximate surface area is 179 Å². The molecule has 0 aromatic carbocycles. The van der Waals surface area contributed by atoms with Crippen LogP contribution in [0.1, 0.15) is 84.3 Å². The van der Waals surface area contributed by atoms with Gasteiger partial charge in [-0.15, -0.1) is 11.8 Å². The monoisotopic (exact) mass is 393 g/mol. The Morgan fingerprint density at radius 2 is 2.08 bits per heavy atom. The number of hydrogen-bond acceptors (Lipinski definition) is 4.